The number of sulfonamides is 1. The van der Waals surface area contributed by atoms with Gasteiger partial charge in [-0.2, -0.15) is 5.10 Å². The Morgan fingerprint density at radius 2 is 1.61 bits per heavy atom. The van der Waals surface area contributed by atoms with Crippen molar-refractivity contribution < 1.29 is 17.9 Å². The van der Waals surface area contributed by atoms with Gasteiger partial charge in [-0.1, -0.05) is 30.3 Å². The van der Waals surface area contributed by atoms with Gasteiger partial charge in [0.05, 0.1) is 36.6 Å². The zero-order chi connectivity index (χ0) is 22.0. The zero-order valence-electron chi connectivity index (χ0n) is 17.2. The highest BCUT2D eigenvalue weighted by molar-refractivity contribution is 7.89. The van der Waals surface area contributed by atoms with Crippen molar-refractivity contribution in [1.82, 2.24) is 0 Å². The van der Waals surface area contributed by atoms with Crippen molar-refractivity contribution in [3.05, 3.63) is 83.9 Å². The van der Waals surface area contributed by atoms with E-state index in [1.54, 1.807) is 26.4 Å². The molecule has 3 aromatic rings. The summed E-state index contributed by atoms with van der Waals surface area (Å²) in [6.45, 7) is 0. The van der Waals surface area contributed by atoms with Crippen molar-refractivity contribution in [2.75, 3.05) is 19.2 Å². The molecule has 0 saturated heterocycles. The fraction of sp³-hybridized carbons (Fsp3) is 0.174. The van der Waals surface area contributed by atoms with E-state index in [1.165, 1.54) is 12.1 Å². The smallest absolute Gasteiger partial charge is 0.238 e. The second-order valence-electron chi connectivity index (χ2n) is 7.13. The molecule has 1 aliphatic rings. The lowest BCUT2D eigenvalue weighted by molar-refractivity contribution is 0.355. The summed E-state index contributed by atoms with van der Waals surface area (Å²) >= 11 is 0. The van der Waals surface area contributed by atoms with Crippen LogP contribution >= 0.6 is 0 Å². The molecule has 31 heavy (non-hydrogen) atoms. The van der Waals surface area contributed by atoms with E-state index in [9.17, 15) is 8.42 Å². The molecular weight excluding hydrogens is 414 g/mol. The summed E-state index contributed by atoms with van der Waals surface area (Å²) in [5.41, 5.74) is 3.71. The van der Waals surface area contributed by atoms with Crippen LogP contribution in [0.15, 0.2) is 82.8 Å². The monoisotopic (exact) mass is 437 g/mol. The lowest BCUT2D eigenvalue weighted by atomic mass is 9.98. The summed E-state index contributed by atoms with van der Waals surface area (Å²) in [5.74, 6) is 1.29. The van der Waals surface area contributed by atoms with Crippen LogP contribution in [0.5, 0.6) is 11.5 Å². The molecule has 0 radical (unpaired) electrons. The number of benzene rings is 3. The fourth-order valence-electron chi connectivity index (χ4n) is 3.66. The lowest BCUT2D eigenvalue weighted by Crippen LogP contribution is -2.19. The molecule has 0 fully saturated rings. The molecule has 0 aliphatic carbocycles. The molecule has 0 aromatic heterocycles. The molecule has 1 aliphatic heterocycles. The second kappa shape index (κ2) is 8.41. The number of primary sulfonamides is 1. The van der Waals surface area contributed by atoms with Crippen LogP contribution in [0.1, 0.15) is 23.6 Å². The highest BCUT2D eigenvalue weighted by atomic mass is 32.2. The van der Waals surface area contributed by atoms with Crippen LogP contribution < -0.4 is 19.6 Å². The summed E-state index contributed by atoms with van der Waals surface area (Å²) in [7, 11) is -0.555. The van der Waals surface area contributed by atoms with Crippen LogP contribution in [0.3, 0.4) is 0 Å². The van der Waals surface area contributed by atoms with E-state index < -0.39 is 10.0 Å². The number of nitrogens with zero attached hydrogens (tertiary/aromatic N) is 2. The number of ether oxygens (including phenoxy) is 2. The van der Waals surface area contributed by atoms with Crippen LogP contribution in [0.2, 0.25) is 0 Å². The quantitative estimate of drug-likeness (QED) is 0.634. The largest absolute Gasteiger partial charge is 0.493 e. The minimum Gasteiger partial charge on any atom is -0.493 e. The van der Waals surface area contributed by atoms with Gasteiger partial charge in [0.25, 0.3) is 0 Å². The zero-order valence-corrected chi connectivity index (χ0v) is 18.0. The number of rotatable bonds is 6. The Balaban J connectivity index is 1.75. The molecule has 1 unspecified atom stereocenters. The Hall–Kier alpha value is -3.36. The standard InChI is InChI=1S/C23H23N3O4S/c1-29-22-13-8-17(14-23(22)30-2)20-15-21(16-6-4-3-5-7-16)26(25-20)18-9-11-19(12-10-18)31(24,27)28/h3-14,21H,15H2,1-2H3,(H2,24,27,28). The van der Waals surface area contributed by atoms with Crippen molar-refractivity contribution in [2.45, 2.75) is 17.4 Å². The van der Waals surface area contributed by atoms with Gasteiger partial charge in [-0.15, -0.1) is 0 Å². The van der Waals surface area contributed by atoms with Crippen molar-refractivity contribution >= 4 is 21.4 Å². The van der Waals surface area contributed by atoms with E-state index in [2.05, 4.69) is 12.1 Å². The Kier molecular flexibility index (Phi) is 5.67. The van der Waals surface area contributed by atoms with Gasteiger partial charge in [-0.3, -0.25) is 5.01 Å². The molecule has 0 amide bonds. The van der Waals surface area contributed by atoms with Gasteiger partial charge in [0.15, 0.2) is 11.5 Å². The maximum atomic E-state index is 11.6. The maximum absolute atomic E-state index is 11.6. The number of anilines is 1. The minimum absolute atomic E-state index is 0.0374. The Labute approximate surface area is 181 Å². The van der Waals surface area contributed by atoms with Crippen LogP contribution in [0.4, 0.5) is 5.69 Å². The van der Waals surface area contributed by atoms with Crippen LogP contribution in [-0.2, 0) is 10.0 Å². The number of nitrogens with two attached hydrogens (primary N) is 1. The topological polar surface area (TPSA) is 94.2 Å². The predicted octanol–water partition coefficient (Wildman–Crippen LogP) is 3.71. The molecule has 4 rings (SSSR count). The van der Waals surface area contributed by atoms with Gasteiger partial charge in [0, 0.05) is 12.0 Å². The average molecular weight is 438 g/mol. The highest BCUT2D eigenvalue weighted by Crippen LogP contribution is 2.38. The first-order valence-electron chi connectivity index (χ1n) is 9.67. The van der Waals surface area contributed by atoms with Gasteiger partial charge < -0.3 is 9.47 Å². The summed E-state index contributed by atoms with van der Waals surface area (Å²) in [6.07, 6.45) is 0.677. The van der Waals surface area contributed by atoms with Gasteiger partial charge in [-0.05, 0) is 48.0 Å². The van der Waals surface area contributed by atoms with Crippen molar-refractivity contribution in [1.29, 1.82) is 0 Å². The van der Waals surface area contributed by atoms with Crippen molar-refractivity contribution in [3.8, 4) is 11.5 Å². The van der Waals surface area contributed by atoms with E-state index in [0.29, 0.717) is 17.9 Å². The van der Waals surface area contributed by atoms with Gasteiger partial charge >= 0.3 is 0 Å². The molecule has 0 saturated carbocycles. The fourth-order valence-corrected chi connectivity index (χ4v) is 4.18. The third kappa shape index (κ3) is 4.26. The number of methoxy groups -OCH3 is 2. The van der Waals surface area contributed by atoms with Crippen molar-refractivity contribution in [3.63, 3.8) is 0 Å². The predicted molar refractivity (Wildman–Crippen MR) is 120 cm³/mol. The van der Waals surface area contributed by atoms with E-state index in [0.717, 1.165) is 22.5 Å². The van der Waals surface area contributed by atoms with Crippen LogP contribution in [-0.4, -0.2) is 28.3 Å². The van der Waals surface area contributed by atoms with Crippen molar-refractivity contribution in [2.24, 2.45) is 10.2 Å². The van der Waals surface area contributed by atoms with Gasteiger partial charge in [0.2, 0.25) is 10.0 Å². The summed E-state index contributed by atoms with van der Waals surface area (Å²) in [5, 5.41) is 12.0. The molecule has 3 aromatic carbocycles. The molecule has 7 nitrogen and oxygen atoms in total. The first-order valence-corrected chi connectivity index (χ1v) is 11.2. The Bertz CT molecular complexity index is 1210. The molecule has 1 heterocycles. The molecule has 0 bridgehead atoms. The minimum atomic E-state index is -3.76. The van der Waals surface area contributed by atoms with Gasteiger partial charge in [0.1, 0.15) is 0 Å². The van der Waals surface area contributed by atoms with Crippen LogP contribution in [0, 0.1) is 0 Å². The first kappa shape index (κ1) is 20.9. The van der Waals surface area contributed by atoms with E-state index >= 15 is 0 Å². The molecular formula is C23H23N3O4S. The molecule has 160 valence electrons. The average Bonchev–Trinajstić information content (AvgIpc) is 3.24. The Morgan fingerprint density at radius 3 is 2.23 bits per heavy atom. The van der Waals surface area contributed by atoms with E-state index in [1.807, 2.05) is 41.4 Å². The maximum Gasteiger partial charge on any atom is 0.238 e. The molecule has 1 atom stereocenters. The van der Waals surface area contributed by atoms with E-state index in [-0.39, 0.29) is 10.9 Å². The summed E-state index contributed by atoms with van der Waals surface area (Å²) in [4.78, 5) is 0.0656. The van der Waals surface area contributed by atoms with E-state index in [4.69, 9.17) is 19.7 Å². The Morgan fingerprint density at radius 1 is 0.935 bits per heavy atom. The number of hydrogen-bond acceptors (Lipinski definition) is 6. The number of hydrogen-bond donors (Lipinski definition) is 1. The lowest BCUT2D eigenvalue weighted by Gasteiger charge is -2.24. The molecule has 8 heteroatoms. The normalized spacial score (nSPS) is 16.2. The molecule has 0 spiro atoms. The SMILES string of the molecule is COc1ccc(C2=NN(c3ccc(S(N)(=O)=O)cc3)C(c3ccccc3)C2)cc1OC. The summed E-state index contributed by atoms with van der Waals surface area (Å²) < 4.78 is 34.0. The summed E-state index contributed by atoms with van der Waals surface area (Å²) in [6, 6.07) is 22.2. The third-order valence-electron chi connectivity index (χ3n) is 5.24. The van der Waals surface area contributed by atoms with Gasteiger partial charge in [-0.25, -0.2) is 13.6 Å². The van der Waals surface area contributed by atoms with Crippen LogP contribution in [0.25, 0.3) is 0 Å². The second-order valence-corrected chi connectivity index (χ2v) is 8.69. The molecule has 2 N–H and O–H groups in total. The number of hydrazone groups is 1. The highest BCUT2D eigenvalue weighted by Gasteiger charge is 2.30. The third-order valence-corrected chi connectivity index (χ3v) is 6.17. The first-order chi connectivity index (χ1) is 14.9.